The Balaban J connectivity index is 1.30. The molecule has 0 radical (unpaired) electrons. The Bertz CT molecular complexity index is 1950. The number of ketones is 1. The number of hydrogen-bond acceptors (Lipinski definition) is 9. The molecule has 49 heavy (non-hydrogen) atoms. The van der Waals surface area contributed by atoms with E-state index in [2.05, 4.69) is 41.4 Å². The van der Waals surface area contributed by atoms with E-state index in [1.54, 1.807) is 24.3 Å². The number of ether oxygens (including phenoxy) is 2. The number of aromatic nitrogens is 2. The van der Waals surface area contributed by atoms with Gasteiger partial charge in [-0.05, 0) is 78.9 Å². The number of rotatable bonds is 13. The van der Waals surface area contributed by atoms with Crippen LogP contribution in [0.4, 0.5) is 5.13 Å². The number of unbranched alkanes of at least 4 members (excludes halogenated alkanes) is 1. The molecule has 1 N–H and O–H groups in total. The number of nitrogens with zero attached hydrogens (tertiary/aromatic N) is 3. The topological polar surface area (TPSA) is 102 Å². The van der Waals surface area contributed by atoms with Crippen molar-refractivity contribution in [2.45, 2.75) is 56.4 Å². The molecule has 1 fully saturated rings. The molecule has 8 nitrogen and oxygen atoms in total. The van der Waals surface area contributed by atoms with Crippen LogP contribution in [0.5, 0.6) is 11.5 Å². The largest absolute Gasteiger partial charge is 0.507 e. The summed E-state index contributed by atoms with van der Waals surface area (Å²) in [5, 5.41) is 20.6. The van der Waals surface area contributed by atoms with E-state index >= 15 is 0 Å². The van der Waals surface area contributed by atoms with Gasteiger partial charge in [0.05, 0.1) is 18.2 Å². The lowest BCUT2D eigenvalue weighted by Gasteiger charge is -2.22. The molecule has 1 amide bonds. The quantitative estimate of drug-likeness (QED) is 0.0327. The lowest BCUT2D eigenvalue weighted by Crippen LogP contribution is -2.29. The monoisotopic (exact) mass is 691 g/mol. The number of hydrogen-bond donors (Lipinski definition) is 1. The van der Waals surface area contributed by atoms with Crippen LogP contribution in [0.3, 0.4) is 0 Å². The number of amides is 1. The number of carbonyl (C=O) groups excluding carboxylic acids is 2. The van der Waals surface area contributed by atoms with E-state index in [-0.39, 0.29) is 16.5 Å². The van der Waals surface area contributed by atoms with Gasteiger partial charge in [0.25, 0.3) is 5.78 Å². The summed E-state index contributed by atoms with van der Waals surface area (Å²) in [7, 11) is 0. The third-order valence-electron chi connectivity index (χ3n) is 8.28. The van der Waals surface area contributed by atoms with Crippen molar-refractivity contribution >= 4 is 45.7 Å². The zero-order valence-corrected chi connectivity index (χ0v) is 29.2. The maximum Gasteiger partial charge on any atom is 0.301 e. The molecule has 1 unspecified atom stereocenters. The molecule has 4 aromatic carbocycles. The van der Waals surface area contributed by atoms with Crippen molar-refractivity contribution in [3.05, 3.63) is 136 Å². The fourth-order valence-corrected chi connectivity index (χ4v) is 7.23. The number of benzene rings is 4. The fraction of sp³-hybridized carbons (Fsp3) is 0.231. The van der Waals surface area contributed by atoms with E-state index in [0.717, 1.165) is 29.5 Å². The van der Waals surface area contributed by atoms with E-state index in [1.165, 1.54) is 33.6 Å². The van der Waals surface area contributed by atoms with Crippen molar-refractivity contribution in [1.29, 1.82) is 0 Å². The van der Waals surface area contributed by atoms with Gasteiger partial charge in [0.15, 0.2) is 4.34 Å². The minimum absolute atomic E-state index is 0.0257. The standard InChI is InChI=1S/C39H37N3O5S2/c1-4-5-22-46-31-18-14-28(15-19-31)34-33(35(43)29-16-20-32(21-17-29)47-23-30-9-7-6-8-26(30)3)36(44)37(45)42(34)38-40-41-39(49-38)48-24-27-12-10-25(2)11-13-27/h6-21,34,43H,4-5,22-24H2,1-3H3/b35-33+. The first-order chi connectivity index (χ1) is 23.8. The number of aliphatic hydroxyl groups excluding tert-OH is 1. The zero-order chi connectivity index (χ0) is 34.3. The first kappa shape index (κ1) is 34.0. The van der Waals surface area contributed by atoms with Gasteiger partial charge in [-0.1, -0.05) is 103 Å². The van der Waals surface area contributed by atoms with Gasteiger partial charge in [-0.25, -0.2) is 0 Å². The average molecular weight is 692 g/mol. The third kappa shape index (κ3) is 7.87. The second-order valence-electron chi connectivity index (χ2n) is 11.8. The van der Waals surface area contributed by atoms with Crippen LogP contribution in [0.2, 0.25) is 0 Å². The molecule has 1 aliphatic rings. The van der Waals surface area contributed by atoms with Crippen LogP contribution in [-0.2, 0) is 21.9 Å². The summed E-state index contributed by atoms with van der Waals surface area (Å²) in [6, 6.07) is 29.4. The Morgan fingerprint density at radius 3 is 2.29 bits per heavy atom. The van der Waals surface area contributed by atoms with Crippen molar-refractivity contribution in [1.82, 2.24) is 10.2 Å². The fourth-order valence-electron chi connectivity index (χ4n) is 5.41. The van der Waals surface area contributed by atoms with E-state index in [0.29, 0.717) is 45.9 Å². The Hall–Kier alpha value is -4.93. The summed E-state index contributed by atoms with van der Waals surface area (Å²) in [6.07, 6.45) is 1.94. The lowest BCUT2D eigenvalue weighted by atomic mass is 9.95. The lowest BCUT2D eigenvalue weighted by molar-refractivity contribution is -0.132. The first-order valence-electron chi connectivity index (χ1n) is 16.2. The zero-order valence-electron chi connectivity index (χ0n) is 27.6. The molecule has 250 valence electrons. The van der Waals surface area contributed by atoms with Gasteiger partial charge < -0.3 is 14.6 Å². The van der Waals surface area contributed by atoms with E-state index in [4.69, 9.17) is 9.47 Å². The predicted molar refractivity (Wildman–Crippen MR) is 194 cm³/mol. The summed E-state index contributed by atoms with van der Waals surface area (Å²) in [5.74, 6) is 0.120. The molecular weight excluding hydrogens is 655 g/mol. The van der Waals surface area contributed by atoms with Crippen molar-refractivity contribution in [2.24, 2.45) is 0 Å². The van der Waals surface area contributed by atoms with E-state index < -0.39 is 17.7 Å². The van der Waals surface area contributed by atoms with Crippen LogP contribution in [0.1, 0.15) is 59.2 Å². The van der Waals surface area contributed by atoms with Gasteiger partial charge in [0, 0.05) is 11.3 Å². The average Bonchev–Trinajstić information content (AvgIpc) is 3.69. The number of carbonyl (C=O) groups is 2. The van der Waals surface area contributed by atoms with Crippen LogP contribution in [0.25, 0.3) is 5.76 Å². The SMILES string of the molecule is CCCCOc1ccc(C2/C(=C(\O)c3ccc(OCc4ccccc4C)cc3)C(=O)C(=O)N2c2nnc(SCc3ccc(C)cc3)s2)cc1. The smallest absolute Gasteiger partial charge is 0.301 e. The Kier molecular flexibility index (Phi) is 10.8. The number of anilines is 1. The normalized spacial score (nSPS) is 15.5. The van der Waals surface area contributed by atoms with Crippen LogP contribution < -0.4 is 14.4 Å². The van der Waals surface area contributed by atoms with Gasteiger partial charge in [-0.2, -0.15) is 0 Å². The van der Waals surface area contributed by atoms with Gasteiger partial charge in [-0.3, -0.25) is 14.5 Å². The number of Topliss-reactive ketones (excluding diaryl/α,β-unsaturated/α-hetero) is 1. The van der Waals surface area contributed by atoms with Crippen molar-refractivity contribution < 1.29 is 24.2 Å². The van der Waals surface area contributed by atoms with Gasteiger partial charge >= 0.3 is 5.91 Å². The predicted octanol–water partition coefficient (Wildman–Crippen LogP) is 8.83. The van der Waals surface area contributed by atoms with Crippen molar-refractivity contribution in [3.8, 4) is 11.5 Å². The highest BCUT2D eigenvalue weighted by Gasteiger charge is 2.48. The highest BCUT2D eigenvalue weighted by molar-refractivity contribution is 8.00. The number of thioether (sulfide) groups is 1. The van der Waals surface area contributed by atoms with Gasteiger partial charge in [0.2, 0.25) is 5.13 Å². The Morgan fingerprint density at radius 2 is 1.57 bits per heavy atom. The van der Waals surface area contributed by atoms with Crippen molar-refractivity contribution in [2.75, 3.05) is 11.5 Å². The Labute approximate surface area is 294 Å². The highest BCUT2D eigenvalue weighted by atomic mass is 32.2. The second-order valence-corrected chi connectivity index (χ2v) is 14.0. The molecule has 0 aliphatic carbocycles. The summed E-state index contributed by atoms with van der Waals surface area (Å²) in [6.45, 7) is 7.16. The maximum atomic E-state index is 13.7. The molecule has 1 atom stereocenters. The highest BCUT2D eigenvalue weighted by Crippen LogP contribution is 2.44. The molecule has 0 saturated carbocycles. The minimum atomic E-state index is -0.926. The second kappa shape index (κ2) is 15.5. The van der Waals surface area contributed by atoms with Crippen LogP contribution in [0, 0.1) is 13.8 Å². The molecule has 0 bridgehead atoms. The Morgan fingerprint density at radius 1 is 0.878 bits per heavy atom. The molecule has 0 spiro atoms. The summed E-state index contributed by atoms with van der Waals surface area (Å²) in [5.41, 5.74) is 5.52. The molecular formula is C39H37N3O5S2. The molecule has 10 heteroatoms. The van der Waals surface area contributed by atoms with E-state index in [1.807, 2.05) is 62.4 Å². The summed E-state index contributed by atoms with van der Waals surface area (Å²) < 4.78 is 12.5. The third-order valence-corrected chi connectivity index (χ3v) is 10.4. The molecule has 5 aromatic rings. The minimum Gasteiger partial charge on any atom is -0.507 e. The molecule has 1 saturated heterocycles. The molecule has 6 rings (SSSR count). The summed E-state index contributed by atoms with van der Waals surface area (Å²) >= 11 is 2.75. The van der Waals surface area contributed by atoms with Crippen LogP contribution in [0.15, 0.2) is 107 Å². The molecule has 1 aromatic heterocycles. The molecule has 2 heterocycles. The number of aliphatic hydroxyl groups is 1. The van der Waals surface area contributed by atoms with Crippen LogP contribution in [-0.4, -0.2) is 33.6 Å². The van der Waals surface area contributed by atoms with E-state index in [9.17, 15) is 14.7 Å². The van der Waals surface area contributed by atoms with Crippen molar-refractivity contribution in [3.63, 3.8) is 0 Å². The first-order valence-corrected chi connectivity index (χ1v) is 18.0. The molecule has 1 aliphatic heterocycles. The summed E-state index contributed by atoms with van der Waals surface area (Å²) in [4.78, 5) is 28.8. The van der Waals surface area contributed by atoms with Crippen LogP contribution >= 0.6 is 23.1 Å². The number of aryl methyl sites for hydroxylation is 2. The van der Waals surface area contributed by atoms with Gasteiger partial charge in [-0.15, -0.1) is 10.2 Å². The maximum absolute atomic E-state index is 13.7. The van der Waals surface area contributed by atoms with Gasteiger partial charge in [0.1, 0.15) is 23.9 Å².